The normalized spacial score (nSPS) is 16.2. The predicted molar refractivity (Wildman–Crippen MR) is 117 cm³/mol. The lowest BCUT2D eigenvalue weighted by Crippen LogP contribution is -2.36. The lowest BCUT2D eigenvalue weighted by molar-refractivity contribution is 0.0705. The first kappa shape index (κ1) is 17.2. The van der Waals surface area contributed by atoms with Crippen LogP contribution in [-0.2, 0) is 5.54 Å². The molecule has 0 saturated heterocycles. The van der Waals surface area contributed by atoms with Crippen molar-refractivity contribution in [1.29, 1.82) is 0 Å². The van der Waals surface area contributed by atoms with Crippen LogP contribution in [0.5, 0.6) is 0 Å². The van der Waals surface area contributed by atoms with Crippen LogP contribution in [0.1, 0.15) is 28.9 Å². The molecule has 4 nitrogen and oxygen atoms in total. The standard InChI is InChI=1S/C26H21N3O/c1-28-25(30)24-15-21(18-6-3-2-4-7-18)17-29(24)23-14-19(20-8-5-13-27-16-20)9-10-22(23)26(28)11-12-26/h2-10,13-17H,11-12H2,1H3. The van der Waals surface area contributed by atoms with E-state index >= 15 is 0 Å². The van der Waals surface area contributed by atoms with E-state index in [0.717, 1.165) is 40.8 Å². The summed E-state index contributed by atoms with van der Waals surface area (Å²) in [5, 5.41) is 0. The quantitative estimate of drug-likeness (QED) is 0.466. The molecule has 1 fully saturated rings. The van der Waals surface area contributed by atoms with E-state index in [9.17, 15) is 4.79 Å². The van der Waals surface area contributed by atoms with E-state index in [2.05, 4.69) is 52.1 Å². The van der Waals surface area contributed by atoms with Crippen molar-refractivity contribution in [3.05, 3.63) is 96.6 Å². The zero-order chi connectivity index (χ0) is 20.3. The first-order chi connectivity index (χ1) is 14.7. The van der Waals surface area contributed by atoms with Gasteiger partial charge >= 0.3 is 0 Å². The van der Waals surface area contributed by atoms with Gasteiger partial charge in [0.2, 0.25) is 0 Å². The predicted octanol–water partition coefficient (Wildman–Crippen LogP) is 5.28. The molecule has 1 saturated carbocycles. The Kier molecular flexibility index (Phi) is 3.54. The summed E-state index contributed by atoms with van der Waals surface area (Å²) in [6.45, 7) is 0. The fraction of sp³-hybridized carbons (Fsp3) is 0.154. The summed E-state index contributed by atoms with van der Waals surface area (Å²) in [6, 6.07) is 22.8. The Bertz CT molecular complexity index is 1270. The Hall–Kier alpha value is -3.66. The van der Waals surface area contributed by atoms with Crippen molar-refractivity contribution >= 4 is 5.91 Å². The van der Waals surface area contributed by atoms with Crippen molar-refractivity contribution < 1.29 is 4.79 Å². The molecular formula is C26H21N3O. The molecule has 2 aromatic heterocycles. The first-order valence-electron chi connectivity index (χ1n) is 10.3. The number of nitrogens with zero attached hydrogens (tertiary/aromatic N) is 3. The Labute approximate surface area is 175 Å². The van der Waals surface area contributed by atoms with E-state index in [1.54, 1.807) is 6.20 Å². The van der Waals surface area contributed by atoms with Crippen molar-refractivity contribution in [3.63, 3.8) is 0 Å². The maximum atomic E-state index is 13.5. The number of amides is 1. The van der Waals surface area contributed by atoms with Gasteiger partial charge < -0.3 is 9.47 Å². The number of hydrogen-bond acceptors (Lipinski definition) is 2. The highest BCUT2D eigenvalue weighted by atomic mass is 16.2. The van der Waals surface area contributed by atoms with Gasteiger partial charge in [-0.15, -0.1) is 0 Å². The zero-order valence-corrected chi connectivity index (χ0v) is 16.7. The van der Waals surface area contributed by atoms with Crippen LogP contribution in [0.4, 0.5) is 0 Å². The summed E-state index contributed by atoms with van der Waals surface area (Å²) in [6.07, 6.45) is 7.78. The first-order valence-corrected chi connectivity index (χ1v) is 10.3. The molecule has 1 aliphatic carbocycles. The number of pyridine rings is 1. The molecule has 30 heavy (non-hydrogen) atoms. The number of fused-ring (bicyclic) bond motifs is 4. The van der Waals surface area contributed by atoms with Crippen LogP contribution in [0.3, 0.4) is 0 Å². The molecule has 3 heterocycles. The van der Waals surface area contributed by atoms with E-state index < -0.39 is 0 Å². The Morgan fingerprint density at radius 2 is 1.67 bits per heavy atom. The molecule has 0 bridgehead atoms. The van der Waals surface area contributed by atoms with E-state index in [4.69, 9.17) is 0 Å². The Morgan fingerprint density at radius 1 is 0.867 bits per heavy atom. The number of carbonyl (C=O) groups is 1. The third kappa shape index (κ3) is 2.40. The SMILES string of the molecule is CN1C(=O)c2cc(-c3ccccc3)cn2-c2cc(-c3cccnc3)ccc2C12CC2. The molecule has 2 aliphatic rings. The van der Waals surface area contributed by atoms with Crippen LogP contribution >= 0.6 is 0 Å². The van der Waals surface area contributed by atoms with Crippen molar-refractivity contribution in [1.82, 2.24) is 14.5 Å². The van der Waals surface area contributed by atoms with Gasteiger partial charge in [0.25, 0.3) is 5.91 Å². The second kappa shape index (κ2) is 6.17. The second-order valence-corrected chi connectivity index (χ2v) is 8.22. The van der Waals surface area contributed by atoms with E-state index in [0.29, 0.717) is 5.69 Å². The van der Waals surface area contributed by atoms with Gasteiger partial charge in [0, 0.05) is 42.3 Å². The molecule has 1 aliphatic heterocycles. The third-order valence-corrected chi connectivity index (χ3v) is 6.57. The summed E-state index contributed by atoms with van der Waals surface area (Å²) in [4.78, 5) is 19.7. The minimum Gasteiger partial charge on any atom is -0.331 e. The highest BCUT2D eigenvalue weighted by Crippen LogP contribution is 2.54. The second-order valence-electron chi connectivity index (χ2n) is 8.22. The number of benzene rings is 2. The van der Waals surface area contributed by atoms with E-state index in [1.807, 2.05) is 48.5 Å². The lowest BCUT2D eigenvalue weighted by atomic mass is 9.97. The van der Waals surface area contributed by atoms with Gasteiger partial charge in [-0.2, -0.15) is 0 Å². The number of rotatable bonds is 2. The minimum absolute atomic E-state index is 0.0776. The summed E-state index contributed by atoms with van der Waals surface area (Å²) < 4.78 is 2.09. The monoisotopic (exact) mass is 391 g/mol. The Morgan fingerprint density at radius 3 is 2.40 bits per heavy atom. The summed E-state index contributed by atoms with van der Waals surface area (Å²) in [7, 11) is 1.94. The molecule has 146 valence electrons. The molecule has 0 unspecified atom stereocenters. The highest BCUT2D eigenvalue weighted by Gasteiger charge is 2.53. The van der Waals surface area contributed by atoms with Crippen LogP contribution in [0.15, 0.2) is 85.3 Å². The van der Waals surface area contributed by atoms with Crippen LogP contribution in [0.25, 0.3) is 27.9 Å². The van der Waals surface area contributed by atoms with Crippen LogP contribution < -0.4 is 0 Å². The molecule has 2 aromatic carbocycles. The van der Waals surface area contributed by atoms with Gasteiger partial charge in [0.05, 0.1) is 11.2 Å². The van der Waals surface area contributed by atoms with Crippen molar-refractivity contribution in [2.24, 2.45) is 0 Å². The third-order valence-electron chi connectivity index (χ3n) is 6.57. The molecule has 1 amide bonds. The fourth-order valence-corrected chi connectivity index (χ4v) is 4.72. The van der Waals surface area contributed by atoms with Gasteiger partial charge in [0.15, 0.2) is 0 Å². The van der Waals surface area contributed by atoms with Gasteiger partial charge in [-0.3, -0.25) is 9.78 Å². The minimum atomic E-state index is -0.189. The van der Waals surface area contributed by atoms with Crippen LogP contribution in [0, 0.1) is 0 Å². The lowest BCUT2D eigenvalue weighted by Gasteiger charge is -2.27. The highest BCUT2D eigenvalue weighted by molar-refractivity contribution is 5.97. The molecule has 0 radical (unpaired) electrons. The smallest absolute Gasteiger partial charge is 0.271 e. The molecule has 4 heteroatoms. The summed E-state index contributed by atoms with van der Waals surface area (Å²) in [5.74, 6) is 0.0776. The Balaban J connectivity index is 1.60. The molecule has 1 spiro atoms. The molecule has 0 N–H and O–H groups in total. The van der Waals surface area contributed by atoms with Gasteiger partial charge in [-0.1, -0.05) is 48.5 Å². The average Bonchev–Trinajstić information content (AvgIpc) is 3.50. The zero-order valence-electron chi connectivity index (χ0n) is 16.7. The van der Waals surface area contributed by atoms with Gasteiger partial charge in [0.1, 0.15) is 5.69 Å². The average molecular weight is 391 g/mol. The van der Waals surface area contributed by atoms with Crippen molar-refractivity contribution in [2.75, 3.05) is 7.05 Å². The fourth-order valence-electron chi connectivity index (χ4n) is 4.72. The topological polar surface area (TPSA) is 38.1 Å². The molecule has 6 rings (SSSR count). The van der Waals surface area contributed by atoms with E-state index in [-0.39, 0.29) is 11.4 Å². The van der Waals surface area contributed by atoms with Crippen LogP contribution in [-0.4, -0.2) is 27.4 Å². The largest absolute Gasteiger partial charge is 0.331 e. The number of hydrogen-bond donors (Lipinski definition) is 0. The maximum absolute atomic E-state index is 13.5. The maximum Gasteiger partial charge on any atom is 0.271 e. The molecular weight excluding hydrogens is 370 g/mol. The van der Waals surface area contributed by atoms with Crippen molar-refractivity contribution in [3.8, 4) is 27.9 Å². The summed E-state index contributed by atoms with van der Waals surface area (Å²) >= 11 is 0. The van der Waals surface area contributed by atoms with Gasteiger partial charge in [-0.25, -0.2) is 0 Å². The molecule has 4 aromatic rings. The number of carbonyl (C=O) groups excluding carboxylic acids is 1. The van der Waals surface area contributed by atoms with E-state index in [1.165, 1.54) is 5.56 Å². The van der Waals surface area contributed by atoms with Gasteiger partial charge in [-0.05, 0) is 42.2 Å². The number of aromatic nitrogens is 2. The van der Waals surface area contributed by atoms with Crippen LogP contribution in [0.2, 0.25) is 0 Å². The molecule has 0 atom stereocenters. The summed E-state index contributed by atoms with van der Waals surface area (Å²) in [5.41, 5.74) is 7.18. The van der Waals surface area contributed by atoms with Crippen molar-refractivity contribution in [2.45, 2.75) is 18.4 Å².